The minimum absolute atomic E-state index is 0.148. The van der Waals surface area contributed by atoms with Gasteiger partial charge in [-0.15, -0.1) is 11.3 Å². The van der Waals surface area contributed by atoms with Crippen LogP contribution < -0.4 is 4.90 Å². The summed E-state index contributed by atoms with van der Waals surface area (Å²) in [5.74, 6) is 0. The maximum atomic E-state index is 11.0. The van der Waals surface area contributed by atoms with E-state index in [1.807, 2.05) is 0 Å². The Bertz CT molecular complexity index is 465. The number of thiophene rings is 1. The van der Waals surface area contributed by atoms with Crippen LogP contribution in [0.5, 0.6) is 0 Å². The van der Waals surface area contributed by atoms with Gasteiger partial charge in [-0.3, -0.25) is 0 Å². The summed E-state index contributed by atoms with van der Waals surface area (Å²) < 4.78 is 27.1. The molecule has 2 heterocycles. The molecule has 76 valence electrons. The van der Waals surface area contributed by atoms with Crippen molar-refractivity contribution in [2.45, 2.75) is 4.21 Å². The van der Waals surface area contributed by atoms with Crippen LogP contribution in [-0.2, 0) is 13.8 Å². The SMILES string of the molecule is O=S(=O)(Cl)c1ccc(N2C=COC2)s1. The highest BCUT2D eigenvalue weighted by Gasteiger charge is 2.16. The number of ether oxygens (including phenoxy) is 1. The maximum absolute atomic E-state index is 11.0. The van der Waals surface area contributed by atoms with Crippen LogP contribution in [-0.4, -0.2) is 15.1 Å². The van der Waals surface area contributed by atoms with E-state index >= 15 is 0 Å². The number of rotatable bonds is 2. The molecule has 0 aromatic carbocycles. The van der Waals surface area contributed by atoms with Crippen LogP contribution in [0.4, 0.5) is 5.00 Å². The fraction of sp³-hybridized carbons (Fsp3) is 0.143. The molecule has 2 rings (SSSR count). The highest BCUT2D eigenvalue weighted by molar-refractivity contribution is 8.15. The van der Waals surface area contributed by atoms with Crippen LogP contribution in [0, 0.1) is 0 Å². The summed E-state index contributed by atoms with van der Waals surface area (Å²) >= 11 is 1.11. The lowest BCUT2D eigenvalue weighted by Crippen LogP contribution is -2.10. The fourth-order valence-corrected chi connectivity index (χ4v) is 3.05. The predicted molar refractivity (Wildman–Crippen MR) is 54.9 cm³/mol. The first kappa shape index (κ1) is 9.82. The first-order valence-electron chi connectivity index (χ1n) is 3.67. The Morgan fingerprint density at radius 1 is 1.50 bits per heavy atom. The predicted octanol–water partition coefficient (Wildman–Crippen LogP) is 1.94. The third kappa shape index (κ3) is 1.87. The second kappa shape index (κ2) is 3.45. The Kier molecular flexibility index (Phi) is 2.42. The van der Waals surface area contributed by atoms with Gasteiger partial charge in [0.2, 0.25) is 0 Å². The summed E-state index contributed by atoms with van der Waals surface area (Å²) in [6, 6.07) is 3.17. The highest BCUT2D eigenvalue weighted by Crippen LogP contribution is 2.32. The third-order valence-corrected chi connectivity index (χ3v) is 4.86. The van der Waals surface area contributed by atoms with Crippen molar-refractivity contribution in [1.29, 1.82) is 0 Å². The minimum atomic E-state index is -3.61. The van der Waals surface area contributed by atoms with Crippen molar-refractivity contribution in [2.75, 3.05) is 11.6 Å². The largest absolute Gasteiger partial charge is 0.479 e. The number of hydrogen-bond donors (Lipinski definition) is 0. The van der Waals surface area contributed by atoms with Gasteiger partial charge in [-0.25, -0.2) is 8.42 Å². The zero-order valence-corrected chi connectivity index (χ0v) is 9.27. The molecular weight excluding hydrogens is 246 g/mol. The second-order valence-corrected chi connectivity index (χ2v) is 6.44. The van der Waals surface area contributed by atoms with Crippen molar-refractivity contribution in [3.63, 3.8) is 0 Å². The summed E-state index contributed by atoms with van der Waals surface area (Å²) in [5.41, 5.74) is 0. The molecule has 1 aliphatic rings. The van der Waals surface area contributed by atoms with Crippen molar-refractivity contribution < 1.29 is 13.2 Å². The monoisotopic (exact) mass is 251 g/mol. The van der Waals surface area contributed by atoms with E-state index in [4.69, 9.17) is 15.4 Å². The molecular formula is C7H6ClNO3S2. The normalized spacial score (nSPS) is 15.9. The van der Waals surface area contributed by atoms with Crippen molar-refractivity contribution >= 4 is 36.1 Å². The second-order valence-electron chi connectivity index (χ2n) is 2.58. The highest BCUT2D eigenvalue weighted by atomic mass is 35.7. The molecule has 0 aliphatic carbocycles. The van der Waals surface area contributed by atoms with Crippen LogP contribution in [0.1, 0.15) is 0 Å². The van der Waals surface area contributed by atoms with E-state index in [1.165, 1.54) is 6.07 Å². The van der Waals surface area contributed by atoms with Crippen LogP contribution in [0.15, 0.2) is 28.8 Å². The standard InChI is InChI=1S/C7H6ClNO3S2/c8-14(10,11)7-2-1-6(13-7)9-3-4-12-5-9/h1-4H,5H2. The van der Waals surface area contributed by atoms with E-state index in [0.29, 0.717) is 6.73 Å². The Morgan fingerprint density at radius 3 is 2.79 bits per heavy atom. The molecule has 0 fully saturated rings. The van der Waals surface area contributed by atoms with Gasteiger partial charge in [0.1, 0.15) is 10.5 Å². The van der Waals surface area contributed by atoms with Crippen molar-refractivity contribution in [2.24, 2.45) is 0 Å². The molecule has 0 unspecified atom stereocenters. The van der Waals surface area contributed by atoms with Crippen LogP contribution in [0.3, 0.4) is 0 Å². The molecule has 0 spiro atoms. The molecule has 0 bridgehead atoms. The van der Waals surface area contributed by atoms with Gasteiger partial charge < -0.3 is 9.64 Å². The molecule has 4 nitrogen and oxygen atoms in total. The van der Waals surface area contributed by atoms with Crippen molar-refractivity contribution in [1.82, 2.24) is 0 Å². The van der Waals surface area contributed by atoms with Gasteiger partial charge in [0.05, 0.1) is 5.00 Å². The lowest BCUT2D eigenvalue weighted by atomic mass is 10.6. The molecule has 0 atom stereocenters. The summed E-state index contributed by atoms with van der Waals surface area (Å²) in [4.78, 5) is 1.79. The number of nitrogens with zero attached hydrogens (tertiary/aromatic N) is 1. The number of halogens is 1. The minimum Gasteiger partial charge on any atom is -0.479 e. The molecule has 0 saturated heterocycles. The van der Waals surface area contributed by atoms with Gasteiger partial charge >= 0.3 is 0 Å². The first-order chi connectivity index (χ1) is 6.57. The summed E-state index contributed by atoms with van der Waals surface area (Å²) in [5, 5.41) is 0.790. The number of hydrogen-bond acceptors (Lipinski definition) is 5. The van der Waals surface area contributed by atoms with E-state index in [2.05, 4.69) is 0 Å². The molecule has 0 radical (unpaired) electrons. The molecule has 0 N–H and O–H groups in total. The average molecular weight is 252 g/mol. The molecule has 1 aromatic rings. The van der Waals surface area contributed by atoms with Gasteiger partial charge in [-0.2, -0.15) is 0 Å². The van der Waals surface area contributed by atoms with Crippen molar-refractivity contribution in [3.05, 3.63) is 24.6 Å². The van der Waals surface area contributed by atoms with E-state index in [-0.39, 0.29) is 4.21 Å². The maximum Gasteiger partial charge on any atom is 0.270 e. The van der Waals surface area contributed by atoms with Crippen molar-refractivity contribution in [3.8, 4) is 0 Å². The molecule has 1 aliphatic heterocycles. The average Bonchev–Trinajstić information content (AvgIpc) is 2.73. The Balaban J connectivity index is 2.30. The Morgan fingerprint density at radius 2 is 2.29 bits per heavy atom. The van der Waals surface area contributed by atoms with E-state index in [1.54, 1.807) is 23.4 Å². The van der Waals surface area contributed by atoms with Crippen LogP contribution >= 0.6 is 22.0 Å². The zero-order chi connectivity index (χ0) is 10.2. The molecule has 0 amide bonds. The van der Waals surface area contributed by atoms with Gasteiger partial charge in [0.15, 0.2) is 6.73 Å². The quantitative estimate of drug-likeness (QED) is 0.754. The Hall–Kier alpha value is -0.720. The zero-order valence-electron chi connectivity index (χ0n) is 6.88. The molecule has 7 heteroatoms. The van der Waals surface area contributed by atoms with Crippen LogP contribution in [0.25, 0.3) is 0 Å². The molecule has 14 heavy (non-hydrogen) atoms. The molecule has 0 saturated carbocycles. The third-order valence-electron chi connectivity index (χ3n) is 1.64. The van der Waals surface area contributed by atoms with Gasteiger partial charge in [-0.05, 0) is 12.1 Å². The lowest BCUT2D eigenvalue weighted by molar-refractivity contribution is 0.282. The fourth-order valence-electron chi connectivity index (χ4n) is 1.02. The summed E-state index contributed by atoms with van der Waals surface area (Å²) in [7, 11) is 1.58. The Labute approximate surface area is 89.8 Å². The summed E-state index contributed by atoms with van der Waals surface area (Å²) in [6.45, 7) is 0.405. The number of anilines is 1. The van der Waals surface area contributed by atoms with Crippen LogP contribution in [0.2, 0.25) is 0 Å². The van der Waals surface area contributed by atoms with E-state index in [0.717, 1.165) is 16.3 Å². The smallest absolute Gasteiger partial charge is 0.270 e. The lowest BCUT2D eigenvalue weighted by Gasteiger charge is -2.09. The van der Waals surface area contributed by atoms with E-state index in [9.17, 15) is 8.42 Å². The topological polar surface area (TPSA) is 46.6 Å². The van der Waals surface area contributed by atoms with Gasteiger partial charge in [0.25, 0.3) is 9.05 Å². The first-order valence-corrected chi connectivity index (χ1v) is 6.79. The van der Waals surface area contributed by atoms with Gasteiger partial charge in [-0.1, -0.05) is 0 Å². The van der Waals surface area contributed by atoms with E-state index < -0.39 is 9.05 Å². The van der Waals surface area contributed by atoms with Gasteiger partial charge in [0, 0.05) is 16.9 Å². The summed E-state index contributed by atoms with van der Waals surface area (Å²) in [6.07, 6.45) is 3.28. The molecule has 1 aromatic heterocycles.